The van der Waals surface area contributed by atoms with Gasteiger partial charge < -0.3 is 15.2 Å². The molecule has 0 spiro atoms. The molecule has 2 N–H and O–H groups in total. The van der Waals surface area contributed by atoms with Gasteiger partial charge in [-0.1, -0.05) is 15.9 Å². The summed E-state index contributed by atoms with van der Waals surface area (Å²) in [5, 5.41) is 0. The standard InChI is InChI=1S/C12H14BrNO3/c13-8-3-4-10(11(14)6-8)12(15)17-7-9-2-1-5-16-9/h3-4,6,9H,1-2,5,7,14H2. The van der Waals surface area contributed by atoms with Gasteiger partial charge in [-0.2, -0.15) is 0 Å². The largest absolute Gasteiger partial charge is 0.459 e. The molecule has 92 valence electrons. The van der Waals surface area contributed by atoms with Gasteiger partial charge in [0.25, 0.3) is 0 Å². The topological polar surface area (TPSA) is 61.6 Å². The van der Waals surface area contributed by atoms with Gasteiger partial charge >= 0.3 is 5.97 Å². The molecule has 0 saturated carbocycles. The number of ether oxygens (including phenoxy) is 2. The first-order valence-electron chi connectivity index (χ1n) is 5.50. The molecule has 1 unspecified atom stereocenters. The molecule has 1 saturated heterocycles. The van der Waals surface area contributed by atoms with Crippen LogP contribution >= 0.6 is 15.9 Å². The number of hydrogen-bond acceptors (Lipinski definition) is 4. The van der Waals surface area contributed by atoms with Crippen molar-refractivity contribution in [2.45, 2.75) is 18.9 Å². The van der Waals surface area contributed by atoms with Crippen LogP contribution in [0.1, 0.15) is 23.2 Å². The Balaban J connectivity index is 1.94. The Morgan fingerprint density at radius 3 is 3.06 bits per heavy atom. The normalized spacial score (nSPS) is 19.2. The van der Waals surface area contributed by atoms with Crippen molar-refractivity contribution in [1.29, 1.82) is 0 Å². The monoisotopic (exact) mass is 299 g/mol. The highest BCUT2D eigenvalue weighted by molar-refractivity contribution is 9.10. The number of rotatable bonds is 3. The van der Waals surface area contributed by atoms with Crippen LogP contribution in [0, 0.1) is 0 Å². The van der Waals surface area contributed by atoms with E-state index in [1.54, 1.807) is 18.2 Å². The molecular formula is C12H14BrNO3. The summed E-state index contributed by atoms with van der Waals surface area (Å²) < 4.78 is 11.4. The summed E-state index contributed by atoms with van der Waals surface area (Å²) in [7, 11) is 0. The van der Waals surface area contributed by atoms with Crippen LogP contribution in [0.4, 0.5) is 5.69 Å². The molecule has 1 atom stereocenters. The minimum Gasteiger partial charge on any atom is -0.459 e. The highest BCUT2D eigenvalue weighted by Crippen LogP contribution is 2.20. The van der Waals surface area contributed by atoms with Crippen molar-refractivity contribution >= 4 is 27.6 Å². The predicted molar refractivity (Wildman–Crippen MR) is 67.8 cm³/mol. The molecule has 4 nitrogen and oxygen atoms in total. The number of nitrogen functional groups attached to an aromatic ring is 1. The Bertz CT molecular complexity index is 416. The Labute approximate surface area is 108 Å². The maximum absolute atomic E-state index is 11.8. The smallest absolute Gasteiger partial charge is 0.340 e. The third-order valence-corrected chi connectivity index (χ3v) is 3.15. The quantitative estimate of drug-likeness (QED) is 0.687. The zero-order chi connectivity index (χ0) is 12.3. The van der Waals surface area contributed by atoms with Crippen LogP contribution in [0.15, 0.2) is 22.7 Å². The molecule has 0 aliphatic carbocycles. The number of anilines is 1. The van der Waals surface area contributed by atoms with Crippen LogP contribution in [0.2, 0.25) is 0 Å². The molecule has 17 heavy (non-hydrogen) atoms. The van der Waals surface area contributed by atoms with E-state index in [-0.39, 0.29) is 6.10 Å². The van der Waals surface area contributed by atoms with Gasteiger partial charge in [-0.15, -0.1) is 0 Å². The minimum atomic E-state index is -0.398. The molecule has 1 aromatic carbocycles. The van der Waals surface area contributed by atoms with Crippen molar-refractivity contribution in [3.05, 3.63) is 28.2 Å². The molecule has 1 aliphatic heterocycles. The van der Waals surface area contributed by atoms with Gasteiger partial charge in [0, 0.05) is 16.8 Å². The second-order valence-electron chi connectivity index (χ2n) is 3.97. The van der Waals surface area contributed by atoms with E-state index in [1.165, 1.54) is 0 Å². The maximum atomic E-state index is 11.8. The molecule has 1 fully saturated rings. The van der Waals surface area contributed by atoms with Gasteiger partial charge in [0.15, 0.2) is 0 Å². The third-order valence-electron chi connectivity index (χ3n) is 2.66. The van der Waals surface area contributed by atoms with E-state index in [2.05, 4.69) is 15.9 Å². The van der Waals surface area contributed by atoms with Crippen LogP contribution in [0.3, 0.4) is 0 Å². The van der Waals surface area contributed by atoms with Gasteiger partial charge in [-0.25, -0.2) is 4.79 Å². The fraction of sp³-hybridized carbons (Fsp3) is 0.417. The summed E-state index contributed by atoms with van der Waals surface area (Å²) in [5.41, 5.74) is 6.55. The van der Waals surface area contributed by atoms with E-state index in [9.17, 15) is 4.79 Å². The van der Waals surface area contributed by atoms with E-state index in [0.717, 1.165) is 23.9 Å². The first kappa shape index (κ1) is 12.4. The van der Waals surface area contributed by atoms with E-state index < -0.39 is 5.97 Å². The van der Waals surface area contributed by atoms with Crippen LogP contribution in [-0.2, 0) is 9.47 Å². The lowest BCUT2D eigenvalue weighted by Crippen LogP contribution is -2.18. The number of benzene rings is 1. The highest BCUT2D eigenvalue weighted by Gasteiger charge is 2.19. The Morgan fingerprint density at radius 1 is 1.59 bits per heavy atom. The molecule has 5 heteroatoms. The Hall–Kier alpha value is -1.07. The molecule has 1 aromatic rings. The second kappa shape index (κ2) is 5.51. The van der Waals surface area contributed by atoms with Crippen molar-refractivity contribution in [2.24, 2.45) is 0 Å². The molecule has 0 amide bonds. The van der Waals surface area contributed by atoms with Crippen LogP contribution in [0.25, 0.3) is 0 Å². The molecular weight excluding hydrogens is 286 g/mol. The van der Waals surface area contributed by atoms with Gasteiger partial charge in [0.05, 0.1) is 11.7 Å². The fourth-order valence-electron chi connectivity index (χ4n) is 1.74. The Kier molecular flexibility index (Phi) is 4.02. The highest BCUT2D eigenvalue weighted by atomic mass is 79.9. The van der Waals surface area contributed by atoms with E-state index in [1.807, 2.05) is 0 Å². The van der Waals surface area contributed by atoms with Crippen molar-refractivity contribution in [3.63, 3.8) is 0 Å². The summed E-state index contributed by atoms with van der Waals surface area (Å²) in [6.07, 6.45) is 2.02. The summed E-state index contributed by atoms with van der Waals surface area (Å²) in [6.45, 7) is 1.05. The number of carbonyl (C=O) groups excluding carboxylic acids is 1. The second-order valence-corrected chi connectivity index (χ2v) is 4.88. The number of halogens is 1. The molecule has 1 heterocycles. The first-order chi connectivity index (χ1) is 8.16. The predicted octanol–water partition coefficient (Wildman–Crippen LogP) is 2.37. The zero-order valence-electron chi connectivity index (χ0n) is 9.32. The zero-order valence-corrected chi connectivity index (χ0v) is 10.9. The van der Waals surface area contributed by atoms with Gasteiger partial charge in [-0.3, -0.25) is 0 Å². The maximum Gasteiger partial charge on any atom is 0.340 e. The molecule has 0 aromatic heterocycles. The number of carbonyl (C=O) groups is 1. The van der Waals surface area contributed by atoms with Crippen molar-refractivity contribution in [3.8, 4) is 0 Å². The molecule has 1 aliphatic rings. The minimum absolute atomic E-state index is 0.0376. The van der Waals surface area contributed by atoms with Gasteiger partial charge in [-0.05, 0) is 31.0 Å². The number of esters is 1. The summed E-state index contributed by atoms with van der Waals surface area (Å²) >= 11 is 3.29. The molecule has 0 bridgehead atoms. The van der Waals surface area contributed by atoms with Crippen LogP contribution in [-0.4, -0.2) is 25.3 Å². The summed E-state index contributed by atoms with van der Waals surface area (Å²) in [4.78, 5) is 11.8. The SMILES string of the molecule is Nc1cc(Br)ccc1C(=O)OCC1CCCO1. The lowest BCUT2D eigenvalue weighted by molar-refractivity contribution is 0.0162. The third kappa shape index (κ3) is 3.20. The van der Waals surface area contributed by atoms with Crippen molar-refractivity contribution in [1.82, 2.24) is 0 Å². The molecule has 0 radical (unpaired) electrons. The summed E-state index contributed by atoms with van der Waals surface area (Å²) in [5.74, 6) is -0.398. The van der Waals surface area contributed by atoms with Crippen LogP contribution in [0.5, 0.6) is 0 Å². The lowest BCUT2D eigenvalue weighted by Gasteiger charge is -2.11. The summed E-state index contributed by atoms with van der Waals surface area (Å²) in [6, 6.07) is 5.10. The van der Waals surface area contributed by atoms with Crippen molar-refractivity contribution in [2.75, 3.05) is 18.9 Å². The average molecular weight is 300 g/mol. The average Bonchev–Trinajstić information content (AvgIpc) is 2.78. The van der Waals surface area contributed by atoms with E-state index in [4.69, 9.17) is 15.2 Å². The Morgan fingerprint density at radius 2 is 2.41 bits per heavy atom. The number of nitrogens with two attached hydrogens (primary N) is 1. The van der Waals surface area contributed by atoms with Crippen LogP contribution < -0.4 is 5.73 Å². The number of hydrogen-bond donors (Lipinski definition) is 1. The van der Waals surface area contributed by atoms with Gasteiger partial charge in [0.2, 0.25) is 0 Å². The van der Waals surface area contributed by atoms with E-state index in [0.29, 0.717) is 17.9 Å². The van der Waals surface area contributed by atoms with Gasteiger partial charge in [0.1, 0.15) is 6.61 Å². The van der Waals surface area contributed by atoms with Crippen molar-refractivity contribution < 1.29 is 14.3 Å². The van der Waals surface area contributed by atoms with E-state index >= 15 is 0 Å². The molecule has 2 rings (SSSR count). The fourth-order valence-corrected chi connectivity index (χ4v) is 2.12. The lowest BCUT2D eigenvalue weighted by atomic mass is 10.2. The first-order valence-corrected chi connectivity index (χ1v) is 6.30.